The van der Waals surface area contributed by atoms with E-state index < -0.39 is 10.0 Å². The molecular weight excluding hydrogens is 426 g/mol. The lowest BCUT2D eigenvalue weighted by Gasteiger charge is -2.29. The van der Waals surface area contributed by atoms with E-state index in [2.05, 4.69) is 10.1 Å². The van der Waals surface area contributed by atoms with Gasteiger partial charge in [-0.05, 0) is 55.7 Å². The van der Waals surface area contributed by atoms with Crippen LogP contribution in [0.25, 0.3) is 11.5 Å². The second-order valence-electron chi connectivity index (χ2n) is 7.28. The zero-order chi connectivity index (χ0) is 21.3. The molecule has 1 aliphatic heterocycles. The number of nitrogens with zero attached hydrogens (tertiary/aromatic N) is 3. The molecule has 0 amide bonds. The fourth-order valence-corrected chi connectivity index (χ4v) is 5.25. The van der Waals surface area contributed by atoms with E-state index in [4.69, 9.17) is 20.9 Å². The first-order valence-electron chi connectivity index (χ1n) is 9.63. The molecule has 2 aromatic carbocycles. The second kappa shape index (κ2) is 8.37. The number of aromatic nitrogens is 2. The summed E-state index contributed by atoms with van der Waals surface area (Å²) in [6.07, 6.45) is 1.24. The number of hydrogen-bond donors (Lipinski definition) is 0. The van der Waals surface area contributed by atoms with Crippen molar-refractivity contribution < 1.29 is 17.7 Å². The zero-order valence-corrected chi connectivity index (χ0v) is 18.3. The summed E-state index contributed by atoms with van der Waals surface area (Å²) in [5.74, 6) is 1.78. The number of rotatable bonds is 5. The number of aryl methyl sites for hydroxylation is 1. The Morgan fingerprint density at radius 1 is 1.17 bits per heavy atom. The molecule has 0 atom stereocenters. The van der Waals surface area contributed by atoms with Crippen LogP contribution in [0, 0.1) is 6.92 Å². The summed E-state index contributed by atoms with van der Waals surface area (Å²) in [4.78, 5) is 4.75. The Morgan fingerprint density at radius 3 is 2.63 bits per heavy atom. The Labute approximate surface area is 180 Å². The molecule has 1 fully saturated rings. The number of halogens is 1. The van der Waals surface area contributed by atoms with Gasteiger partial charge in [0.25, 0.3) is 5.89 Å². The molecule has 0 spiro atoms. The molecule has 0 unspecified atom stereocenters. The Hall–Kier alpha value is -2.42. The van der Waals surface area contributed by atoms with Crippen molar-refractivity contribution in [3.05, 3.63) is 58.9 Å². The lowest BCUT2D eigenvalue weighted by molar-refractivity contribution is 0.307. The van der Waals surface area contributed by atoms with E-state index in [1.165, 1.54) is 10.4 Å². The van der Waals surface area contributed by atoms with Gasteiger partial charge in [-0.3, -0.25) is 0 Å². The molecule has 3 aromatic rings. The second-order valence-corrected chi connectivity index (χ2v) is 9.62. The van der Waals surface area contributed by atoms with Gasteiger partial charge in [0.15, 0.2) is 5.82 Å². The fraction of sp³-hybridized carbons (Fsp3) is 0.333. The first kappa shape index (κ1) is 20.8. The van der Waals surface area contributed by atoms with E-state index >= 15 is 0 Å². The van der Waals surface area contributed by atoms with Crippen molar-refractivity contribution >= 4 is 21.6 Å². The number of ether oxygens (including phenoxy) is 1. The van der Waals surface area contributed by atoms with E-state index in [1.807, 2.05) is 31.2 Å². The van der Waals surface area contributed by atoms with E-state index in [-0.39, 0.29) is 10.8 Å². The SMILES string of the molecule is COc1cccc(-c2nc(C3CCN(S(=O)(=O)c4ccc(C)c(Cl)c4)CC3)no2)c1. The summed E-state index contributed by atoms with van der Waals surface area (Å²) in [6.45, 7) is 2.62. The number of sulfonamides is 1. The summed E-state index contributed by atoms with van der Waals surface area (Å²) < 4.78 is 38.1. The summed E-state index contributed by atoms with van der Waals surface area (Å²) in [7, 11) is -1.98. The fourth-order valence-electron chi connectivity index (χ4n) is 3.51. The molecule has 158 valence electrons. The number of benzene rings is 2. The molecule has 4 rings (SSSR count). The third-order valence-corrected chi connectivity index (χ3v) is 7.66. The molecule has 1 aromatic heterocycles. The average Bonchev–Trinajstić information content (AvgIpc) is 3.26. The molecule has 2 heterocycles. The predicted molar refractivity (Wildman–Crippen MR) is 113 cm³/mol. The number of hydrogen-bond acceptors (Lipinski definition) is 6. The third kappa shape index (κ3) is 4.08. The minimum absolute atomic E-state index is 0.0427. The molecule has 0 N–H and O–H groups in total. The normalized spacial score (nSPS) is 16.0. The molecule has 0 aliphatic carbocycles. The van der Waals surface area contributed by atoms with E-state index in [9.17, 15) is 8.42 Å². The smallest absolute Gasteiger partial charge is 0.258 e. The van der Waals surface area contributed by atoms with Crippen molar-refractivity contribution in [2.24, 2.45) is 0 Å². The number of methoxy groups -OCH3 is 1. The summed E-state index contributed by atoms with van der Waals surface area (Å²) in [5.41, 5.74) is 1.63. The van der Waals surface area contributed by atoms with Gasteiger partial charge in [-0.1, -0.05) is 28.9 Å². The van der Waals surface area contributed by atoms with Gasteiger partial charge in [0.05, 0.1) is 12.0 Å². The first-order chi connectivity index (χ1) is 14.4. The molecule has 9 heteroatoms. The maximum atomic E-state index is 12.9. The van der Waals surface area contributed by atoms with Crippen molar-refractivity contribution in [2.45, 2.75) is 30.6 Å². The van der Waals surface area contributed by atoms with E-state index in [0.717, 1.165) is 11.1 Å². The van der Waals surface area contributed by atoms with Crippen molar-refractivity contribution in [3.63, 3.8) is 0 Å². The largest absolute Gasteiger partial charge is 0.497 e. The topological polar surface area (TPSA) is 85.5 Å². The van der Waals surface area contributed by atoms with Gasteiger partial charge in [0, 0.05) is 29.6 Å². The predicted octanol–water partition coefficient (Wildman–Crippen LogP) is 4.28. The minimum Gasteiger partial charge on any atom is -0.497 e. The summed E-state index contributed by atoms with van der Waals surface area (Å²) in [5, 5.41) is 4.57. The highest BCUT2D eigenvalue weighted by atomic mass is 35.5. The van der Waals surface area contributed by atoms with Crippen LogP contribution in [0.4, 0.5) is 0 Å². The summed E-state index contributed by atoms with van der Waals surface area (Å²) >= 11 is 6.12. The van der Waals surface area contributed by atoms with Crippen LogP contribution in [-0.2, 0) is 10.0 Å². The van der Waals surface area contributed by atoms with Gasteiger partial charge in [-0.25, -0.2) is 8.42 Å². The highest BCUT2D eigenvalue weighted by Crippen LogP contribution is 2.32. The molecular formula is C21H22ClN3O4S. The van der Waals surface area contributed by atoms with Crippen LogP contribution in [0.1, 0.15) is 30.1 Å². The van der Waals surface area contributed by atoms with E-state index in [1.54, 1.807) is 19.2 Å². The lowest BCUT2D eigenvalue weighted by atomic mass is 9.97. The third-order valence-electron chi connectivity index (χ3n) is 5.36. The molecule has 1 aliphatic rings. The van der Waals surface area contributed by atoms with Crippen LogP contribution < -0.4 is 4.74 Å². The van der Waals surface area contributed by atoms with Crippen LogP contribution in [0.3, 0.4) is 0 Å². The Bertz CT molecular complexity index is 1150. The molecule has 7 nitrogen and oxygen atoms in total. The lowest BCUT2D eigenvalue weighted by Crippen LogP contribution is -2.38. The van der Waals surface area contributed by atoms with Gasteiger partial charge >= 0.3 is 0 Å². The molecule has 30 heavy (non-hydrogen) atoms. The summed E-state index contributed by atoms with van der Waals surface area (Å²) in [6, 6.07) is 12.2. The van der Waals surface area contributed by atoms with Crippen LogP contribution >= 0.6 is 11.6 Å². The van der Waals surface area contributed by atoms with Crippen LogP contribution in [0.5, 0.6) is 5.75 Å². The quantitative estimate of drug-likeness (QED) is 0.580. The van der Waals surface area contributed by atoms with Crippen LogP contribution in [0.2, 0.25) is 5.02 Å². The van der Waals surface area contributed by atoms with Crippen molar-refractivity contribution in [1.82, 2.24) is 14.4 Å². The minimum atomic E-state index is -3.58. The Balaban J connectivity index is 1.46. The molecule has 0 saturated carbocycles. The van der Waals surface area contributed by atoms with Crippen molar-refractivity contribution in [2.75, 3.05) is 20.2 Å². The number of piperidine rings is 1. The molecule has 0 radical (unpaired) electrons. The Kier molecular flexibility index (Phi) is 5.81. The average molecular weight is 448 g/mol. The maximum absolute atomic E-state index is 12.9. The Morgan fingerprint density at radius 2 is 1.93 bits per heavy atom. The van der Waals surface area contributed by atoms with E-state index in [0.29, 0.717) is 48.4 Å². The van der Waals surface area contributed by atoms with Crippen LogP contribution in [0.15, 0.2) is 51.9 Å². The standard InChI is InChI=1S/C21H22ClN3O4S/c1-14-6-7-18(13-19(14)22)30(26,27)25-10-8-15(9-11-25)20-23-21(29-24-20)16-4-3-5-17(12-16)28-2/h3-7,12-13,15H,8-11H2,1-2H3. The van der Waals surface area contributed by atoms with Gasteiger partial charge in [-0.2, -0.15) is 9.29 Å². The van der Waals surface area contributed by atoms with Gasteiger partial charge in [-0.15, -0.1) is 0 Å². The molecule has 1 saturated heterocycles. The maximum Gasteiger partial charge on any atom is 0.258 e. The first-order valence-corrected chi connectivity index (χ1v) is 11.4. The monoisotopic (exact) mass is 447 g/mol. The highest BCUT2D eigenvalue weighted by molar-refractivity contribution is 7.89. The molecule has 0 bridgehead atoms. The highest BCUT2D eigenvalue weighted by Gasteiger charge is 2.32. The van der Waals surface area contributed by atoms with Gasteiger partial charge in [0.1, 0.15) is 5.75 Å². The zero-order valence-electron chi connectivity index (χ0n) is 16.7. The van der Waals surface area contributed by atoms with Gasteiger partial charge in [0.2, 0.25) is 10.0 Å². The van der Waals surface area contributed by atoms with Crippen molar-refractivity contribution in [3.8, 4) is 17.2 Å². The van der Waals surface area contributed by atoms with Crippen molar-refractivity contribution in [1.29, 1.82) is 0 Å². The van der Waals surface area contributed by atoms with Gasteiger partial charge < -0.3 is 9.26 Å². The van der Waals surface area contributed by atoms with Crippen LogP contribution in [-0.4, -0.2) is 43.1 Å².